The summed E-state index contributed by atoms with van der Waals surface area (Å²) in [6.07, 6.45) is 0. The molecule has 2 heterocycles. The van der Waals surface area contributed by atoms with Crippen LogP contribution in [0.15, 0.2) is 66.7 Å². The lowest BCUT2D eigenvalue weighted by Gasteiger charge is -2.33. The van der Waals surface area contributed by atoms with Gasteiger partial charge in [0.2, 0.25) is 0 Å². The lowest BCUT2D eigenvalue weighted by Crippen LogP contribution is -2.31. The number of nitrogens with zero attached hydrogens (tertiary/aromatic N) is 2. The number of rotatable bonds is 4. The summed E-state index contributed by atoms with van der Waals surface area (Å²) in [4.78, 5) is 12.9. The van der Waals surface area contributed by atoms with Crippen molar-refractivity contribution in [2.75, 3.05) is 6.61 Å². The highest BCUT2D eigenvalue weighted by molar-refractivity contribution is 6.35. The number of benzene rings is 3. The Labute approximate surface area is 207 Å². The minimum absolute atomic E-state index is 0.200. The predicted molar refractivity (Wildman–Crippen MR) is 134 cm³/mol. The van der Waals surface area contributed by atoms with Crippen molar-refractivity contribution >= 4 is 29.2 Å². The first-order valence-corrected chi connectivity index (χ1v) is 11.7. The Hall–Kier alpha value is -3.28. The quantitative estimate of drug-likeness (QED) is 0.280. The van der Waals surface area contributed by atoms with Crippen molar-refractivity contribution in [1.82, 2.24) is 9.78 Å². The number of ether oxygens (including phenoxy) is 2. The van der Waals surface area contributed by atoms with Crippen LogP contribution in [0.4, 0.5) is 0 Å². The van der Waals surface area contributed by atoms with Gasteiger partial charge in [0.25, 0.3) is 0 Å². The molecule has 0 spiro atoms. The zero-order valence-electron chi connectivity index (χ0n) is 18.9. The van der Waals surface area contributed by atoms with Gasteiger partial charge in [-0.3, -0.25) is 0 Å². The number of carbonyl (C=O) groups is 1. The minimum Gasteiger partial charge on any atom is -0.482 e. The van der Waals surface area contributed by atoms with Crippen molar-refractivity contribution in [3.8, 4) is 33.8 Å². The number of halogens is 2. The summed E-state index contributed by atoms with van der Waals surface area (Å²) in [5.41, 5.74) is 4.26. The maximum Gasteiger partial charge on any atom is 0.359 e. The highest BCUT2D eigenvalue weighted by Gasteiger charge is 2.42. The second kappa shape index (κ2) is 8.49. The summed E-state index contributed by atoms with van der Waals surface area (Å²) in [6.45, 7) is 5.84. The highest BCUT2D eigenvalue weighted by atomic mass is 35.5. The first-order valence-electron chi connectivity index (χ1n) is 10.9. The number of hydrogen-bond acceptors (Lipinski definition) is 4. The van der Waals surface area contributed by atoms with Gasteiger partial charge < -0.3 is 9.47 Å². The Bertz CT molecular complexity index is 1410. The molecule has 3 aromatic carbocycles. The number of aromatic nitrogens is 2. The number of esters is 1. The van der Waals surface area contributed by atoms with Crippen LogP contribution >= 0.6 is 23.2 Å². The van der Waals surface area contributed by atoms with E-state index in [1.165, 1.54) is 0 Å². The summed E-state index contributed by atoms with van der Waals surface area (Å²) in [7, 11) is 0. The molecular formula is C27H22Cl2N2O3. The molecule has 34 heavy (non-hydrogen) atoms. The van der Waals surface area contributed by atoms with Crippen molar-refractivity contribution in [1.29, 1.82) is 0 Å². The summed E-state index contributed by atoms with van der Waals surface area (Å²) in [5, 5.41) is 5.61. The van der Waals surface area contributed by atoms with Crippen molar-refractivity contribution in [2.24, 2.45) is 0 Å². The Morgan fingerprint density at radius 3 is 2.50 bits per heavy atom. The van der Waals surface area contributed by atoms with Crippen LogP contribution in [0.3, 0.4) is 0 Å². The van der Waals surface area contributed by atoms with Crippen molar-refractivity contribution in [2.45, 2.75) is 26.4 Å². The molecule has 0 saturated heterocycles. The van der Waals surface area contributed by atoms with Gasteiger partial charge in [-0.2, -0.15) is 5.10 Å². The topological polar surface area (TPSA) is 53.3 Å². The number of carbonyl (C=O) groups excluding carboxylic acids is 1. The molecule has 0 N–H and O–H groups in total. The summed E-state index contributed by atoms with van der Waals surface area (Å²) >= 11 is 12.7. The van der Waals surface area contributed by atoms with Crippen LogP contribution in [-0.4, -0.2) is 22.4 Å². The van der Waals surface area contributed by atoms with Crippen LogP contribution in [0.25, 0.3) is 28.1 Å². The Morgan fingerprint density at radius 1 is 1.03 bits per heavy atom. The van der Waals surface area contributed by atoms with Gasteiger partial charge in [-0.1, -0.05) is 59.6 Å². The molecule has 0 bridgehead atoms. The Balaban J connectivity index is 1.79. The third-order valence-corrected chi connectivity index (χ3v) is 6.34. The van der Waals surface area contributed by atoms with Crippen LogP contribution in [0.5, 0.6) is 5.75 Å². The Kier molecular flexibility index (Phi) is 5.62. The average Bonchev–Trinajstić information content (AvgIpc) is 3.21. The SMILES string of the molecule is CCOC(=O)c1nn(-c2ccc(Cl)cc2Cl)c2c1C(C)(C)Oc1cc(-c3ccccc3)ccc1-2. The third kappa shape index (κ3) is 3.75. The zero-order chi connectivity index (χ0) is 24.0. The van der Waals surface area contributed by atoms with E-state index in [4.69, 9.17) is 32.7 Å². The first-order chi connectivity index (χ1) is 16.3. The van der Waals surface area contributed by atoms with Crippen molar-refractivity contribution < 1.29 is 14.3 Å². The molecule has 0 unspecified atom stereocenters. The maximum atomic E-state index is 12.9. The van der Waals surface area contributed by atoms with Gasteiger partial charge in [0.15, 0.2) is 5.69 Å². The second-order valence-corrected chi connectivity index (χ2v) is 9.33. The van der Waals surface area contributed by atoms with E-state index in [1.54, 1.807) is 29.8 Å². The molecule has 1 aliphatic rings. The molecule has 0 radical (unpaired) electrons. The van der Waals surface area contributed by atoms with E-state index in [0.717, 1.165) is 22.4 Å². The molecule has 1 aromatic heterocycles. The van der Waals surface area contributed by atoms with E-state index in [0.29, 0.717) is 27.0 Å². The summed E-state index contributed by atoms with van der Waals surface area (Å²) < 4.78 is 13.5. The zero-order valence-corrected chi connectivity index (χ0v) is 20.4. The fourth-order valence-corrected chi connectivity index (χ4v) is 4.83. The summed E-state index contributed by atoms with van der Waals surface area (Å²) in [5.74, 6) is 0.184. The molecule has 0 atom stereocenters. The molecule has 7 heteroatoms. The maximum absolute atomic E-state index is 12.9. The van der Waals surface area contributed by atoms with E-state index in [1.807, 2.05) is 50.2 Å². The van der Waals surface area contributed by atoms with Crippen LogP contribution in [0, 0.1) is 0 Å². The first kappa shape index (κ1) is 22.5. The minimum atomic E-state index is -0.850. The Morgan fingerprint density at radius 2 is 1.79 bits per heavy atom. The molecule has 172 valence electrons. The normalized spacial score (nSPS) is 13.6. The molecule has 0 fully saturated rings. The smallest absolute Gasteiger partial charge is 0.359 e. The van der Waals surface area contributed by atoms with Crippen LogP contribution in [0.2, 0.25) is 10.0 Å². The van der Waals surface area contributed by atoms with E-state index in [9.17, 15) is 4.79 Å². The van der Waals surface area contributed by atoms with E-state index in [2.05, 4.69) is 17.2 Å². The van der Waals surface area contributed by atoms with Gasteiger partial charge in [0, 0.05) is 10.6 Å². The van der Waals surface area contributed by atoms with Crippen LogP contribution in [-0.2, 0) is 10.3 Å². The number of hydrogen-bond donors (Lipinski definition) is 0. The largest absolute Gasteiger partial charge is 0.482 e. The molecule has 1 aliphatic heterocycles. The van der Waals surface area contributed by atoms with Crippen molar-refractivity contribution in [3.63, 3.8) is 0 Å². The monoisotopic (exact) mass is 492 g/mol. The molecule has 5 nitrogen and oxygen atoms in total. The predicted octanol–water partition coefficient (Wildman–Crippen LogP) is 7.32. The number of fused-ring (bicyclic) bond motifs is 3. The van der Waals surface area contributed by atoms with E-state index in [-0.39, 0.29) is 12.3 Å². The van der Waals surface area contributed by atoms with Crippen LogP contribution < -0.4 is 4.74 Å². The molecular weight excluding hydrogens is 471 g/mol. The molecule has 0 aliphatic carbocycles. The third-order valence-electron chi connectivity index (χ3n) is 5.80. The van der Waals surface area contributed by atoms with Gasteiger partial charge in [-0.25, -0.2) is 9.48 Å². The average molecular weight is 493 g/mol. The molecule has 0 saturated carbocycles. The van der Waals surface area contributed by atoms with Gasteiger partial charge in [0.1, 0.15) is 11.4 Å². The lowest BCUT2D eigenvalue weighted by atomic mass is 9.88. The van der Waals surface area contributed by atoms with E-state index < -0.39 is 11.6 Å². The molecule has 4 aromatic rings. The molecule has 5 rings (SSSR count). The van der Waals surface area contributed by atoms with E-state index >= 15 is 0 Å². The highest BCUT2D eigenvalue weighted by Crippen LogP contribution is 2.49. The fourth-order valence-electron chi connectivity index (χ4n) is 4.35. The molecule has 0 amide bonds. The lowest BCUT2D eigenvalue weighted by molar-refractivity contribution is 0.0500. The second-order valence-electron chi connectivity index (χ2n) is 8.49. The summed E-state index contributed by atoms with van der Waals surface area (Å²) in [6, 6.07) is 21.3. The van der Waals surface area contributed by atoms with Gasteiger partial charge in [-0.05, 0) is 62.2 Å². The van der Waals surface area contributed by atoms with Crippen molar-refractivity contribution in [3.05, 3.63) is 88.0 Å². The van der Waals surface area contributed by atoms with Gasteiger partial charge in [0.05, 0.1) is 28.6 Å². The van der Waals surface area contributed by atoms with Gasteiger partial charge >= 0.3 is 5.97 Å². The van der Waals surface area contributed by atoms with Crippen LogP contribution in [0.1, 0.15) is 36.8 Å². The van der Waals surface area contributed by atoms with Gasteiger partial charge in [-0.15, -0.1) is 0 Å². The standard InChI is InChI=1S/C27H22Cl2N2O3/c1-4-33-26(32)24-23-25(31(30-24)21-13-11-18(28)15-20(21)29)19-12-10-17(16-8-6-5-7-9-16)14-22(19)34-27(23,2)3/h5-15H,4H2,1-3H3. The fraction of sp³-hybridized carbons (Fsp3) is 0.185.